The van der Waals surface area contributed by atoms with Crippen LogP contribution in [0.2, 0.25) is 0 Å². The second-order valence-corrected chi connectivity index (χ2v) is 4.43. The zero-order chi connectivity index (χ0) is 13.0. The highest BCUT2D eigenvalue weighted by atomic mass is 16.5. The fraction of sp³-hybridized carbons (Fsp3) is 0.833. The van der Waals surface area contributed by atoms with E-state index in [-0.39, 0.29) is 6.10 Å². The summed E-state index contributed by atoms with van der Waals surface area (Å²) in [6.45, 7) is 6.35. The molecular weight excluding hydrogens is 234 g/mol. The summed E-state index contributed by atoms with van der Waals surface area (Å²) in [6.07, 6.45) is 1.47. The van der Waals surface area contributed by atoms with E-state index >= 15 is 0 Å². The van der Waals surface area contributed by atoms with Crippen molar-refractivity contribution in [2.75, 3.05) is 26.8 Å². The number of aromatic nitrogens is 2. The van der Waals surface area contributed by atoms with Crippen molar-refractivity contribution in [1.82, 2.24) is 15.5 Å². The number of ether oxygens (including phenoxy) is 2. The zero-order valence-corrected chi connectivity index (χ0v) is 11.2. The van der Waals surface area contributed by atoms with E-state index in [4.69, 9.17) is 14.0 Å². The van der Waals surface area contributed by atoms with Crippen LogP contribution in [0.3, 0.4) is 0 Å². The minimum absolute atomic E-state index is 0.150. The maximum absolute atomic E-state index is 5.59. The Kier molecular flexibility index (Phi) is 4.31. The molecule has 0 aromatic carbocycles. The normalized spacial score (nSPS) is 21.2. The van der Waals surface area contributed by atoms with E-state index < -0.39 is 5.60 Å². The van der Waals surface area contributed by atoms with Crippen LogP contribution in [0.25, 0.3) is 0 Å². The van der Waals surface area contributed by atoms with Gasteiger partial charge in [-0.2, -0.15) is 4.98 Å². The monoisotopic (exact) mass is 255 g/mol. The highest BCUT2D eigenvalue weighted by molar-refractivity contribution is 5.02. The smallest absolute Gasteiger partial charge is 0.257 e. The molecule has 1 unspecified atom stereocenters. The highest BCUT2D eigenvalue weighted by Gasteiger charge is 2.35. The van der Waals surface area contributed by atoms with E-state index in [0.29, 0.717) is 24.9 Å². The zero-order valence-electron chi connectivity index (χ0n) is 11.2. The molecule has 0 saturated carbocycles. The molecule has 1 aliphatic rings. The average molecular weight is 255 g/mol. The Hall–Kier alpha value is -0.980. The molecule has 1 N–H and O–H groups in total. The summed E-state index contributed by atoms with van der Waals surface area (Å²) in [5.41, 5.74) is -0.455. The summed E-state index contributed by atoms with van der Waals surface area (Å²) in [4.78, 5) is 4.45. The molecule has 0 amide bonds. The number of nitrogens with one attached hydrogen (secondary N) is 1. The van der Waals surface area contributed by atoms with E-state index in [1.165, 1.54) is 0 Å². The van der Waals surface area contributed by atoms with Crippen molar-refractivity contribution in [3.8, 4) is 0 Å². The summed E-state index contributed by atoms with van der Waals surface area (Å²) < 4.78 is 16.5. The molecule has 6 nitrogen and oxygen atoms in total. The van der Waals surface area contributed by atoms with Crippen LogP contribution >= 0.6 is 0 Å². The second-order valence-electron chi connectivity index (χ2n) is 4.43. The molecule has 1 saturated heterocycles. The average Bonchev–Trinajstić information content (AvgIpc) is 2.93. The predicted molar refractivity (Wildman–Crippen MR) is 65.1 cm³/mol. The number of hydrogen-bond donors (Lipinski definition) is 1. The molecule has 18 heavy (non-hydrogen) atoms. The lowest BCUT2D eigenvalue weighted by atomic mass is 9.96. The molecule has 1 aromatic heterocycles. The number of rotatable bonds is 5. The van der Waals surface area contributed by atoms with Gasteiger partial charge in [-0.1, -0.05) is 19.0 Å². The van der Waals surface area contributed by atoms with Crippen molar-refractivity contribution in [1.29, 1.82) is 0 Å². The predicted octanol–water partition coefficient (Wildman–Crippen LogP) is 1.39. The molecule has 0 aliphatic carbocycles. The van der Waals surface area contributed by atoms with Crippen LogP contribution in [0, 0.1) is 0 Å². The summed E-state index contributed by atoms with van der Waals surface area (Å²) in [5, 5.41) is 7.30. The van der Waals surface area contributed by atoms with E-state index in [1.54, 1.807) is 7.11 Å². The SMILES string of the molecule is CCC(CC)(OC)c1noc(C2CNCCO2)n1. The van der Waals surface area contributed by atoms with Gasteiger partial charge in [-0.05, 0) is 12.8 Å². The third-order valence-electron chi connectivity index (χ3n) is 3.59. The first-order chi connectivity index (χ1) is 8.75. The molecule has 0 radical (unpaired) electrons. The van der Waals surface area contributed by atoms with Gasteiger partial charge in [0.2, 0.25) is 5.82 Å². The molecule has 1 aromatic rings. The van der Waals surface area contributed by atoms with Crippen molar-refractivity contribution in [3.05, 3.63) is 11.7 Å². The molecule has 1 atom stereocenters. The summed E-state index contributed by atoms with van der Waals surface area (Å²) in [6, 6.07) is 0. The fourth-order valence-corrected chi connectivity index (χ4v) is 2.22. The summed E-state index contributed by atoms with van der Waals surface area (Å²) in [5.74, 6) is 1.14. The third kappa shape index (κ3) is 2.41. The fourth-order valence-electron chi connectivity index (χ4n) is 2.22. The van der Waals surface area contributed by atoms with Crippen LogP contribution in [-0.2, 0) is 15.1 Å². The van der Waals surface area contributed by atoms with Crippen molar-refractivity contribution in [3.63, 3.8) is 0 Å². The topological polar surface area (TPSA) is 69.4 Å². The van der Waals surface area contributed by atoms with Gasteiger partial charge in [0.15, 0.2) is 0 Å². The standard InChI is InChI=1S/C12H21N3O3/c1-4-12(5-2,16-3)11-14-10(18-15-11)9-8-13-6-7-17-9/h9,13H,4-8H2,1-3H3. The molecule has 2 rings (SSSR count). The Labute approximate surface area is 107 Å². The van der Waals surface area contributed by atoms with Gasteiger partial charge in [0.25, 0.3) is 5.89 Å². The van der Waals surface area contributed by atoms with Gasteiger partial charge in [0, 0.05) is 20.2 Å². The van der Waals surface area contributed by atoms with Gasteiger partial charge >= 0.3 is 0 Å². The van der Waals surface area contributed by atoms with Gasteiger partial charge in [-0.25, -0.2) is 0 Å². The van der Waals surface area contributed by atoms with Gasteiger partial charge in [0.05, 0.1) is 6.61 Å². The Morgan fingerprint density at radius 1 is 1.44 bits per heavy atom. The molecule has 0 bridgehead atoms. The van der Waals surface area contributed by atoms with E-state index in [0.717, 1.165) is 19.4 Å². The molecular formula is C12H21N3O3. The molecule has 102 valence electrons. The number of methoxy groups -OCH3 is 1. The summed E-state index contributed by atoms with van der Waals surface area (Å²) >= 11 is 0. The maximum Gasteiger partial charge on any atom is 0.257 e. The van der Waals surface area contributed by atoms with Crippen LogP contribution in [-0.4, -0.2) is 36.9 Å². The molecule has 1 fully saturated rings. The van der Waals surface area contributed by atoms with Crippen LogP contribution in [0.4, 0.5) is 0 Å². The van der Waals surface area contributed by atoms with Gasteiger partial charge in [-0.15, -0.1) is 0 Å². The van der Waals surface area contributed by atoms with Crippen LogP contribution in [0.1, 0.15) is 44.5 Å². The highest BCUT2D eigenvalue weighted by Crippen LogP contribution is 2.31. The Balaban J connectivity index is 2.18. The van der Waals surface area contributed by atoms with Gasteiger partial charge in [0.1, 0.15) is 11.7 Å². The maximum atomic E-state index is 5.59. The second kappa shape index (κ2) is 5.77. The van der Waals surface area contributed by atoms with Crippen molar-refractivity contribution in [2.45, 2.75) is 38.4 Å². The lowest BCUT2D eigenvalue weighted by molar-refractivity contribution is -0.0306. The lowest BCUT2D eigenvalue weighted by Gasteiger charge is -2.26. The first kappa shape index (κ1) is 13.5. The number of hydrogen-bond acceptors (Lipinski definition) is 6. The molecule has 2 heterocycles. The minimum atomic E-state index is -0.455. The van der Waals surface area contributed by atoms with Crippen LogP contribution in [0.5, 0.6) is 0 Å². The molecule has 0 spiro atoms. The first-order valence-corrected chi connectivity index (χ1v) is 6.47. The van der Waals surface area contributed by atoms with Crippen LogP contribution < -0.4 is 5.32 Å². The van der Waals surface area contributed by atoms with Crippen molar-refractivity contribution >= 4 is 0 Å². The largest absolute Gasteiger partial charge is 0.370 e. The first-order valence-electron chi connectivity index (χ1n) is 6.47. The Morgan fingerprint density at radius 3 is 2.78 bits per heavy atom. The van der Waals surface area contributed by atoms with Crippen LogP contribution in [0.15, 0.2) is 4.52 Å². The van der Waals surface area contributed by atoms with E-state index in [9.17, 15) is 0 Å². The van der Waals surface area contributed by atoms with Crippen molar-refractivity contribution in [2.24, 2.45) is 0 Å². The summed E-state index contributed by atoms with van der Waals surface area (Å²) in [7, 11) is 1.68. The quantitative estimate of drug-likeness (QED) is 0.857. The van der Waals surface area contributed by atoms with E-state index in [2.05, 4.69) is 29.3 Å². The van der Waals surface area contributed by atoms with Gasteiger partial charge in [-0.3, -0.25) is 0 Å². The molecule has 6 heteroatoms. The van der Waals surface area contributed by atoms with Gasteiger partial charge < -0.3 is 19.3 Å². The van der Waals surface area contributed by atoms with E-state index in [1.807, 2.05) is 0 Å². The van der Waals surface area contributed by atoms with Crippen molar-refractivity contribution < 1.29 is 14.0 Å². The lowest BCUT2D eigenvalue weighted by Crippen LogP contribution is -2.33. The Morgan fingerprint density at radius 2 is 2.22 bits per heavy atom. The number of morpholine rings is 1. The molecule has 1 aliphatic heterocycles. The Bertz CT molecular complexity index is 362. The third-order valence-corrected chi connectivity index (χ3v) is 3.59. The minimum Gasteiger partial charge on any atom is -0.370 e. The number of nitrogens with zero attached hydrogens (tertiary/aromatic N) is 2.